The van der Waals surface area contributed by atoms with Gasteiger partial charge in [-0.2, -0.15) is 0 Å². The average molecular weight is 411 g/mol. The molecule has 1 aliphatic heterocycles. The van der Waals surface area contributed by atoms with Crippen LogP contribution in [0.5, 0.6) is 0 Å². The molecule has 6 heteroatoms. The maximum atomic E-state index is 13.0. The van der Waals surface area contributed by atoms with E-state index in [1.807, 2.05) is 41.1 Å². The van der Waals surface area contributed by atoms with Gasteiger partial charge >= 0.3 is 0 Å². The molecule has 2 amide bonds. The summed E-state index contributed by atoms with van der Waals surface area (Å²) in [5, 5.41) is 1.12. The summed E-state index contributed by atoms with van der Waals surface area (Å²) in [5.74, 6) is 0.949. The molecule has 1 saturated carbocycles. The van der Waals surface area contributed by atoms with Crippen LogP contribution in [0.3, 0.4) is 0 Å². The SMILES string of the molecule is CC1CN(C(=O)C(N)Cc2c[nH]c3ccccc23)CCN1C(=O)CCC1CCCC1. The van der Waals surface area contributed by atoms with E-state index in [0.717, 1.165) is 28.8 Å². The minimum absolute atomic E-state index is 0.0230. The summed E-state index contributed by atoms with van der Waals surface area (Å²) in [6, 6.07) is 7.54. The Morgan fingerprint density at radius 1 is 1.20 bits per heavy atom. The van der Waals surface area contributed by atoms with Crippen LogP contribution in [0.4, 0.5) is 0 Å². The van der Waals surface area contributed by atoms with Crippen molar-refractivity contribution in [2.45, 2.75) is 64.0 Å². The van der Waals surface area contributed by atoms with Crippen molar-refractivity contribution in [1.82, 2.24) is 14.8 Å². The van der Waals surface area contributed by atoms with E-state index in [4.69, 9.17) is 5.73 Å². The van der Waals surface area contributed by atoms with Crippen molar-refractivity contribution < 1.29 is 9.59 Å². The predicted molar refractivity (Wildman–Crippen MR) is 119 cm³/mol. The van der Waals surface area contributed by atoms with Crippen LogP contribution in [-0.4, -0.2) is 58.3 Å². The quantitative estimate of drug-likeness (QED) is 0.768. The molecule has 1 aromatic heterocycles. The molecule has 0 bridgehead atoms. The van der Waals surface area contributed by atoms with Crippen LogP contribution in [0, 0.1) is 5.92 Å². The molecule has 3 N–H and O–H groups in total. The van der Waals surface area contributed by atoms with Gasteiger partial charge in [-0.05, 0) is 37.3 Å². The summed E-state index contributed by atoms with van der Waals surface area (Å²) < 4.78 is 0. The highest BCUT2D eigenvalue weighted by molar-refractivity contribution is 5.86. The second kappa shape index (κ2) is 9.21. The highest BCUT2D eigenvalue weighted by atomic mass is 16.2. The molecule has 0 spiro atoms. The van der Waals surface area contributed by atoms with Gasteiger partial charge in [0.25, 0.3) is 0 Å². The molecule has 1 aliphatic carbocycles. The van der Waals surface area contributed by atoms with Crippen molar-refractivity contribution in [1.29, 1.82) is 0 Å². The molecule has 6 nitrogen and oxygen atoms in total. The maximum Gasteiger partial charge on any atom is 0.239 e. The van der Waals surface area contributed by atoms with E-state index >= 15 is 0 Å². The van der Waals surface area contributed by atoms with E-state index in [2.05, 4.69) is 11.1 Å². The van der Waals surface area contributed by atoms with Crippen molar-refractivity contribution in [3.05, 3.63) is 36.0 Å². The lowest BCUT2D eigenvalue weighted by molar-refractivity contribution is -0.143. The summed E-state index contributed by atoms with van der Waals surface area (Å²) in [5.41, 5.74) is 8.43. The highest BCUT2D eigenvalue weighted by Crippen LogP contribution is 2.29. The lowest BCUT2D eigenvalue weighted by Crippen LogP contribution is -2.58. The van der Waals surface area contributed by atoms with Gasteiger partial charge in [0.15, 0.2) is 0 Å². The Hall–Kier alpha value is -2.34. The van der Waals surface area contributed by atoms with Crippen LogP contribution in [0.1, 0.15) is 51.0 Å². The second-order valence-corrected chi connectivity index (χ2v) is 9.08. The van der Waals surface area contributed by atoms with Crippen LogP contribution < -0.4 is 5.73 Å². The molecular formula is C24H34N4O2. The van der Waals surface area contributed by atoms with Crippen molar-refractivity contribution >= 4 is 22.7 Å². The molecule has 1 saturated heterocycles. The lowest BCUT2D eigenvalue weighted by Gasteiger charge is -2.41. The normalized spacial score (nSPS) is 21.3. The second-order valence-electron chi connectivity index (χ2n) is 9.08. The fourth-order valence-corrected chi connectivity index (χ4v) is 5.16. The standard InChI is InChI=1S/C24H34N4O2/c1-17-16-27(12-13-28(17)23(29)11-10-18-6-2-3-7-18)24(30)21(25)14-19-15-26-22-9-5-4-8-20(19)22/h4-5,8-9,15,17-18,21,26H,2-3,6-7,10-14,16,25H2,1H3. The molecule has 4 rings (SSSR count). The third-order valence-electron chi connectivity index (χ3n) is 6.93. The van der Waals surface area contributed by atoms with E-state index in [9.17, 15) is 9.59 Å². The minimum atomic E-state index is -0.568. The lowest BCUT2D eigenvalue weighted by atomic mass is 10.0. The van der Waals surface area contributed by atoms with Crippen molar-refractivity contribution in [2.75, 3.05) is 19.6 Å². The van der Waals surface area contributed by atoms with Gasteiger partial charge in [0, 0.05) is 49.2 Å². The van der Waals surface area contributed by atoms with Crippen LogP contribution >= 0.6 is 0 Å². The first-order valence-corrected chi connectivity index (χ1v) is 11.4. The van der Waals surface area contributed by atoms with Gasteiger partial charge in [0.05, 0.1) is 6.04 Å². The number of rotatable bonds is 6. The molecular weight excluding hydrogens is 376 g/mol. The number of aromatic nitrogens is 1. The largest absolute Gasteiger partial charge is 0.361 e. The number of carbonyl (C=O) groups is 2. The summed E-state index contributed by atoms with van der Waals surface area (Å²) >= 11 is 0. The maximum absolute atomic E-state index is 13.0. The van der Waals surface area contributed by atoms with E-state index in [1.54, 1.807) is 0 Å². The van der Waals surface area contributed by atoms with Gasteiger partial charge in [-0.1, -0.05) is 43.9 Å². The molecule has 1 aromatic carbocycles. The van der Waals surface area contributed by atoms with Crippen molar-refractivity contribution in [3.63, 3.8) is 0 Å². The molecule has 2 heterocycles. The van der Waals surface area contributed by atoms with Crippen molar-refractivity contribution in [2.24, 2.45) is 11.7 Å². The van der Waals surface area contributed by atoms with Gasteiger partial charge in [-0.25, -0.2) is 0 Å². The Labute approximate surface area is 178 Å². The van der Waals surface area contributed by atoms with E-state index in [1.165, 1.54) is 25.7 Å². The molecule has 2 aromatic rings. The zero-order valence-electron chi connectivity index (χ0n) is 18.0. The first kappa shape index (κ1) is 20.9. The Bertz CT molecular complexity index is 886. The first-order chi connectivity index (χ1) is 14.5. The third kappa shape index (κ3) is 4.53. The van der Waals surface area contributed by atoms with Gasteiger partial charge in [0.1, 0.15) is 0 Å². The first-order valence-electron chi connectivity index (χ1n) is 11.4. The number of H-pyrrole nitrogens is 1. The number of para-hydroxylation sites is 1. The summed E-state index contributed by atoms with van der Waals surface area (Å²) in [7, 11) is 0. The smallest absolute Gasteiger partial charge is 0.239 e. The van der Waals surface area contributed by atoms with E-state index in [0.29, 0.717) is 32.5 Å². The monoisotopic (exact) mass is 410 g/mol. The van der Waals surface area contributed by atoms with E-state index < -0.39 is 6.04 Å². The molecule has 2 unspecified atom stereocenters. The minimum Gasteiger partial charge on any atom is -0.361 e. The molecule has 2 aliphatic rings. The zero-order valence-corrected chi connectivity index (χ0v) is 18.0. The van der Waals surface area contributed by atoms with Crippen LogP contribution in [0.15, 0.2) is 30.5 Å². The number of benzene rings is 1. The number of amides is 2. The average Bonchev–Trinajstić information content (AvgIpc) is 3.41. The molecule has 30 heavy (non-hydrogen) atoms. The summed E-state index contributed by atoms with van der Waals surface area (Å²) in [6.07, 6.45) is 9.30. The number of fused-ring (bicyclic) bond motifs is 1. The fourth-order valence-electron chi connectivity index (χ4n) is 5.16. The number of piperazine rings is 1. The Kier molecular flexibility index (Phi) is 6.42. The number of nitrogens with one attached hydrogen (secondary N) is 1. The van der Waals surface area contributed by atoms with Gasteiger partial charge in [-0.3, -0.25) is 9.59 Å². The number of hydrogen-bond acceptors (Lipinski definition) is 3. The van der Waals surface area contributed by atoms with E-state index in [-0.39, 0.29) is 17.9 Å². The molecule has 162 valence electrons. The molecule has 2 atom stereocenters. The topological polar surface area (TPSA) is 82.4 Å². The van der Waals surface area contributed by atoms with Gasteiger partial charge < -0.3 is 20.5 Å². The number of nitrogens with two attached hydrogens (primary N) is 1. The Morgan fingerprint density at radius 3 is 2.73 bits per heavy atom. The number of nitrogens with zero attached hydrogens (tertiary/aromatic N) is 2. The zero-order chi connectivity index (χ0) is 21.1. The van der Waals surface area contributed by atoms with Gasteiger partial charge in [-0.15, -0.1) is 0 Å². The van der Waals surface area contributed by atoms with Gasteiger partial charge in [0.2, 0.25) is 11.8 Å². The molecule has 2 fully saturated rings. The highest BCUT2D eigenvalue weighted by Gasteiger charge is 2.32. The third-order valence-corrected chi connectivity index (χ3v) is 6.93. The summed E-state index contributed by atoms with van der Waals surface area (Å²) in [4.78, 5) is 32.7. The Morgan fingerprint density at radius 2 is 1.97 bits per heavy atom. The van der Waals surface area contributed by atoms with Crippen LogP contribution in [0.2, 0.25) is 0 Å². The summed E-state index contributed by atoms with van der Waals surface area (Å²) in [6.45, 7) is 3.78. The molecule has 0 radical (unpaired) electrons. The van der Waals surface area contributed by atoms with Crippen LogP contribution in [-0.2, 0) is 16.0 Å². The fraction of sp³-hybridized carbons (Fsp3) is 0.583. The van der Waals surface area contributed by atoms with Crippen molar-refractivity contribution in [3.8, 4) is 0 Å². The predicted octanol–water partition coefficient (Wildman–Crippen LogP) is 3.07. The number of carbonyl (C=O) groups excluding carboxylic acids is 2. The van der Waals surface area contributed by atoms with Crippen LogP contribution in [0.25, 0.3) is 10.9 Å². The number of hydrogen-bond donors (Lipinski definition) is 2. The number of aromatic amines is 1. The Balaban J connectivity index is 1.29.